The molecule has 0 radical (unpaired) electrons. The van der Waals surface area contributed by atoms with Gasteiger partial charge in [-0.25, -0.2) is 9.59 Å². The molecule has 15 atom stereocenters. The predicted molar refractivity (Wildman–Crippen MR) is 153 cm³/mol. The van der Waals surface area contributed by atoms with Crippen LogP contribution in [-0.2, 0) is 45.1 Å². The number of methoxy groups -OCH3 is 2. The van der Waals surface area contributed by atoms with Gasteiger partial charge in [0, 0.05) is 22.9 Å². The van der Waals surface area contributed by atoms with Crippen molar-refractivity contribution in [3.05, 3.63) is 35.4 Å². The largest absolute Gasteiger partial charge is 0.482 e. The van der Waals surface area contributed by atoms with Gasteiger partial charge in [-0.2, -0.15) is 0 Å². The van der Waals surface area contributed by atoms with E-state index in [0.717, 1.165) is 31.9 Å². The standard InChI is InChI=1S/C31H39NO15/c1-32-9-8-31-12-5-7-15(44-30-22(38)18(34)20(36)25(47-30)28(40)42-3)26(31)45-23-14(6-4-11(16(23)31)10-13(12)32)43-29-21(37)17(33)19(35)24(46-29)27(39)41-2/h4-7,12-13,15,17-22,24-26,29-30,33-38H,8-10H2,1-3H3/t12-,13+,15-,17-,18-,19-,20-,21+,22+,24-,25-,26-,29+,30+,31-/m0/s1. The summed E-state index contributed by atoms with van der Waals surface area (Å²) >= 11 is 0. The van der Waals surface area contributed by atoms with E-state index in [1.54, 1.807) is 12.1 Å². The van der Waals surface area contributed by atoms with Crippen LogP contribution >= 0.6 is 0 Å². The van der Waals surface area contributed by atoms with Crippen LogP contribution in [0.5, 0.6) is 11.5 Å². The average molecular weight is 666 g/mol. The highest BCUT2D eigenvalue weighted by Crippen LogP contribution is 2.63. The van der Waals surface area contributed by atoms with Gasteiger partial charge in [-0.05, 0) is 38.1 Å². The Morgan fingerprint density at radius 2 is 1.47 bits per heavy atom. The van der Waals surface area contributed by atoms with Crippen molar-refractivity contribution in [3.8, 4) is 11.5 Å². The van der Waals surface area contributed by atoms with Gasteiger partial charge in [0.15, 0.2) is 30.0 Å². The quantitative estimate of drug-likeness (QED) is 0.130. The van der Waals surface area contributed by atoms with Crippen molar-refractivity contribution in [2.75, 3.05) is 27.8 Å². The summed E-state index contributed by atoms with van der Waals surface area (Å²) in [5, 5.41) is 63.3. The molecule has 16 nitrogen and oxygen atoms in total. The van der Waals surface area contributed by atoms with Gasteiger partial charge in [-0.1, -0.05) is 18.2 Å². The first-order chi connectivity index (χ1) is 22.4. The number of ether oxygens (including phenoxy) is 7. The van der Waals surface area contributed by atoms with E-state index in [-0.39, 0.29) is 17.7 Å². The molecular formula is C31H39NO15. The second kappa shape index (κ2) is 11.9. The van der Waals surface area contributed by atoms with Crippen LogP contribution in [0.25, 0.3) is 0 Å². The van der Waals surface area contributed by atoms with Gasteiger partial charge in [-0.3, -0.25) is 0 Å². The van der Waals surface area contributed by atoms with Crippen LogP contribution in [0.15, 0.2) is 24.3 Å². The number of hydrogen-bond acceptors (Lipinski definition) is 16. The Labute approximate surface area is 268 Å². The number of rotatable bonds is 6. The van der Waals surface area contributed by atoms with Crippen molar-refractivity contribution in [3.63, 3.8) is 0 Å². The number of likely N-dealkylation sites (tertiary alicyclic amines) is 1. The molecule has 4 heterocycles. The zero-order valence-electron chi connectivity index (χ0n) is 25.8. The third-order valence-corrected chi connectivity index (χ3v) is 10.7. The summed E-state index contributed by atoms with van der Waals surface area (Å²) in [6.07, 6.45) is -13.3. The normalized spacial score (nSPS) is 45.0. The Morgan fingerprint density at radius 3 is 2.11 bits per heavy atom. The molecule has 2 aliphatic carbocycles. The van der Waals surface area contributed by atoms with Crippen molar-refractivity contribution >= 4 is 11.9 Å². The summed E-state index contributed by atoms with van der Waals surface area (Å²) in [5.74, 6) is -1.44. The molecular weight excluding hydrogens is 626 g/mol. The number of hydrogen-bond donors (Lipinski definition) is 6. The third kappa shape index (κ3) is 4.80. The molecule has 0 aromatic heterocycles. The highest BCUT2D eigenvalue weighted by atomic mass is 16.7. The molecule has 0 amide bonds. The first-order valence-corrected chi connectivity index (χ1v) is 15.5. The Hall–Kier alpha value is -2.90. The van der Waals surface area contributed by atoms with E-state index in [4.69, 9.17) is 28.4 Å². The number of aliphatic hydroxyl groups is 6. The monoisotopic (exact) mass is 665 g/mol. The van der Waals surface area contributed by atoms with E-state index in [1.165, 1.54) is 0 Å². The van der Waals surface area contributed by atoms with Gasteiger partial charge in [0.25, 0.3) is 0 Å². The molecule has 3 fully saturated rings. The van der Waals surface area contributed by atoms with Crippen molar-refractivity contribution in [1.82, 2.24) is 4.90 Å². The second-order valence-electron chi connectivity index (χ2n) is 13.0. The summed E-state index contributed by atoms with van der Waals surface area (Å²) in [6, 6.07) is 3.66. The lowest BCUT2D eigenvalue weighted by Gasteiger charge is -2.57. The summed E-state index contributed by atoms with van der Waals surface area (Å²) in [7, 11) is 4.26. The zero-order valence-corrected chi connectivity index (χ0v) is 25.8. The SMILES string of the molecule is COC(=O)[C@H]1O[C@@H](Oc2ccc3c4c2O[C@H]2[C@@H](O[C@@H]5O[C@H](C(=O)OC)[C@@H](O)[C@H](O)[C@H]5O)C=C[C@H]5[C@@H](C3)N(C)CC[C@@]452)[C@H](O)[C@@H](O)[C@@H]1O. The molecule has 3 saturated heterocycles. The Bertz CT molecular complexity index is 1440. The van der Waals surface area contributed by atoms with E-state index in [0.29, 0.717) is 18.6 Å². The molecule has 6 N–H and O–H groups in total. The first-order valence-electron chi connectivity index (χ1n) is 15.5. The molecule has 16 heteroatoms. The fourth-order valence-corrected chi connectivity index (χ4v) is 8.23. The molecule has 258 valence electrons. The number of benzene rings is 1. The van der Waals surface area contributed by atoms with Crippen molar-refractivity contribution < 1.29 is 73.4 Å². The predicted octanol–water partition coefficient (Wildman–Crippen LogP) is -3.14. The molecule has 1 aromatic rings. The second-order valence-corrected chi connectivity index (χ2v) is 13.0. The maximum absolute atomic E-state index is 12.3. The van der Waals surface area contributed by atoms with E-state index in [1.807, 2.05) is 12.1 Å². The summed E-state index contributed by atoms with van der Waals surface area (Å²) < 4.78 is 39.6. The number of piperidine rings is 1. The van der Waals surface area contributed by atoms with Crippen LogP contribution in [0.4, 0.5) is 0 Å². The number of carbonyl (C=O) groups is 2. The first kappa shape index (κ1) is 32.6. The molecule has 2 bridgehead atoms. The Balaban J connectivity index is 1.23. The average Bonchev–Trinajstić information content (AvgIpc) is 3.43. The zero-order chi connectivity index (χ0) is 33.5. The molecule has 4 aliphatic heterocycles. The van der Waals surface area contributed by atoms with Crippen LogP contribution in [-0.4, -0.2) is 155 Å². The van der Waals surface area contributed by atoms with Crippen molar-refractivity contribution in [1.29, 1.82) is 0 Å². The van der Waals surface area contributed by atoms with Gasteiger partial charge in [0.05, 0.1) is 14.2 Å². The molecule has 0 unspecified atom stereocenters. The maximum Gasteiger partial charge on any atom is 0.337 e. The molecule has 6 aliphatic rings. The minimum atomic E-state index is -1.78. The summed E-state index contributed by atoms with van der Waals surface area (Å²) in [5.41, 5.74) is 1.23. The van der Waals surface area contributed by atoms with Crippen molar-refractivity contribution in [2.45, 2.75) is 97.9 Å². The van der Waals surface area contributed by atoms with Crippen LogP contribution in [0.3, 0.4) is 0 Å². The van der Waals surface area contributed by atoms with Gasteiger partial charge >= 0.3 is 11.9 Å². The minimum Gasteiger partial charge on any atom is -0.482 e. The summed E-state index contributed by atoms with van der Waals surface area (Å²) in [6.45, 7) is 0.721. The molecule has 1 aromatic carbocycles. The van der Waals surface area contributed by atoms with Crippen LogP contribution in [0.2, 0.25) is 0 Å². The van der Waals surface area contributed by atoms with Gasteiger partial charge < -0.3 is 68.7 Å². The smallest absolute Gasteiger partial charge is 0.337 e. The van der Waals surface area contributed by atoms with Crippen LogP contribution < -0.4 is 9.47 Å². The summed E-state index contributed by atoms with van der Waals surface area (Å²) in [4.78, 5) is 26.9. The van der Waals surface area contributed by atoms with Gasteiger partial charge in [0.2, 0.25) is 6.29 Å². The minimum absolute atomic E-state index is 0.0280. The lowest BCUT2D eigenvalue weighted by molar-refractivity contribution is -0.307. The third-order valence-electron chi connectivity index (χ3n) is 10.7. The van der Waals surface area contributed by atoms with Crippen LogP contribution in [0.1, 0.15) is 17.5 Å². The van der Waals surface area contributed by atoms with E-state index in [2.05, 4.69) is 16.7 Å². The van der Waals surface area contributed by atoms with Gasteiger partial charge in [0.1, 0.15) is 48.8 Å². The number of aliphatic hydroxyl groups excluding tert-OH is 6. The van der Waals surface area contributed by atoms with E-state index < -0.39 is 91.0 Å². The number of carbonyl (C=O) groups excluding carboxylic acids is 2. The number of esters is 2. The van der Waals surface area contributed by atoms with Gasteiger partial charge in [-0.15, -0.1) is 0 Å². The highest BCUT2D eigenvalue weighted by molar-refractivity contribution is 5.76. The fraction of sp³-hybridized carbons (Fsp3) is 0.677. The van der Waals surface area contributed by atoms with Crippen molar-refractivity contribution in [2.24, 2.45) is 5.92 Å². The number of likely N-dealkylation sites (N-methyl/N-ethyl adjacent to an activating group) is 1. The lowest BCUT2D eigenvalue weighted by atomic mass is 9.53. The highest BCUT2D eigenvalue weighted by Gasteiger charge is 2.65. The Morgan fingerprint density at radius 1 is 0.851 bits per heavy atom. The molecule has 1 spiro atoms. The lowest BCUT2D eigenvalue weighted by Crippen LogP contribution is -2.66. The molecule has 0 saturated carbocycles. The molecule has 7 rings (SSSR count). The molecule has 47 heavy (non-hydrogen) atoms. The Kier molecular flexibility index (Phi) is 8.27. The van der Waals surface area contributed by atoms with E-state index in [9.17, 15) is 40.2 Å². The topological polar surface area (TPSA) is 223 Å². The number of nitrogens with zero attached hydrogens (tertiary/aromatic N) is 1. The van der Waals surface area contributed by atoms with Crippen LogP contribution in [0, 0.1) is 5.92 Å². The van der Waals surface area contributed by atoms with E-state index >= 15 is 0 Å². The fourth-order valence-electron chi connectivity index (χ4n) is 8.23. The maximum atomic E-state index is 12.3.